The van der Waals surface area contributed by atoms with Crippen molar-refractivity contribution in [2.24, 2.45) is 0 Å². The van der Waals surface area contributed by atoms with Gasteiger partial charge in [0.25, 0.3) is 0 Å². The first-order valence-corrected chi connectivity index (χ1v) is 11.8. The van der Waals surface area contributed by atoms with E-state index < -0.39 is 0 Å². The number of piperazine rings is 1. The van der Waals surface area contributed by atoms with E-state index in [1.165, 1.54) is 11.3 Å². The lowest BCUT2D eigenvalue weighted by molar-refractivity contribution is 0.262. The normalized spacial score (nSPS) is 17.2. The van der Waals surface area contributed by atoms with E-state index in [0.29, 0.717) is 6.61 Å². The molecule has 6 heteroatoms. The Balaban J connectivity index is 1.30. The van der Waals surface area contributed by atoms with E-state index in [-0.39, 0.29) is 0 Å². The smallest absolute Gasteiger partial charge is 0.131 e. The lowest BCUT2D eigenvalue weighted by Gasteiger charge is -2.36. The number of aromatic nitrogens is 1. The van der Waals surface area contributed by atoms with Gasteiger partial charge in [-0.05, 0) is 60.5 Å². The van der Waals surface area contributed by atoms with Crippen LogP contribution in [0.25, 0.3) is 5.57 Å². The first kappa shape index (κ1) is 21.8. The Bertz CT molecular complexity index is 1140. The predicted molar refractivity (Wildman–Crippen MR) is 133 cm³/mol. The highest BCUT2D eigenvalue weighted by atomic mass is 35.5. The summed E-state index contributed by atoms with van der Waals surface area (Å²) >= 11 is 6.03. The molecule has 0 saturated carbocycles. The Kier molecular flexibility index (Phi) is 6.51. The molecular formula is C27H28ClN3O2. The van der Waals surface area contributed by atoms with E-state index >= 15 is 0 Å². The predicted octanol–water partition coefficient (Wildman–Crippen LogP) is 5.28. The van der Waals surface area contributed by atoms with Gasteiger partial charge < -0.3 is 14.4 Å². The van der Waals surface area contributed by atoms with Crippen LogP contribution < -0.4 is 14.4 Å². The molecule has 0 spiro atoms. The molecule has 0 radical (unpaired) electrons. The number of anilines is 1. The fourth-order valence-corrected chi connectivity index (χ4v) is 4.68. The number of halogens is 1. The van der Waals surface area contributed by atoms with Crippen molar-refractivity contribution in [2.45, 2.75) is 13.0 Å². The van der Waals surface area contributed by atoms with E-state index in [9.17, 15) is 0 Å². The summed E-state index contributed by atoms with van der Waals surface area (Å²) in [6, 6.07) is 18.3. The lowest BCUT2D eigenvalue weighted by Crippen LogP contribution is -2.46. The average Bonchev–Trinajstić information content (AvgIpc) is 3.02. The molecule has 170 valence electrons. The molecule has 3 aromatic rings. The monoisotopic (exact) mass is 461 g/mol. The molecule has 1 aromatic heterocycles. The number of nitrogens with zero attached hydrogens (tertiary/aromatic N) is 3. The van der Waals surface area contributed by atoms with Crippen LogP contribution >= 0.6 is 11.6 Å². The maximum atomic E-state index is 6.08. The van der Waals surface area contributed by atoms with Crippen LogP contribution in [0.1, 0.15) is 23.2 Å². The zero-order chi connectivity index (χ0) is 22.6. The number of pyridine rings is 1. The zero-order valence-corrected chi connectivity index (χ0v) is 19.6. The number of rotatable bonds is 5. The molecule has 0 amide bonds. The molecule has 0 atom stereocenters. The highest BCUT2D eigenvalue weighted by molar-refractivity contribution is 6.30. The van der Waals surface area contributed by atoms with Gasteiger partial charge in [-0.15, -0.1) is 0 Å². The van der Waals surface area contributed by atoms with Crippen molar-refractivity contribution in [1.82, 2.24) is 9.88 Å². The fourth-order valence-electron chi connectivity index (χ4n) is 4.55. The van der Waals surface area contributed by atoms with Crippen LogP contribution in [0.3, 0.4) is 0 Å². The van der Waals surface area contributed by atoms with Gasteiger partial charge in [0.15, 0.2) is 0 Å². The van der Waals surface area contributed by atoms with Gasteiger partial charge in [-0.3, -0.25) is 9.88 Å². The average molecular weight is 462 g/mol. The SMILES string of the molecule is COc1ccc2c(c1)C(=CCCN1CCN(c3ccc(Cl)cc3)CC1)c1cccnc1CO2. The van der Waals surface area contributed by atoms with Gasteiger partial charge in [0, 0.05) is 60.8 Å². The minimum atomic E-state index is 0.472. The molecule has 0 N–H and O–H groups in total. The zero-order valence-electron chi connectivity index (χ0n) is 18.8. The quantitative estimate of drug-likeness (QED) is 0.516. The van der Waals surface area contributed by atoms with Crippen LogP contribution in [0, 0.1) is 0 Å². The third-order valence-electron chi connectivity index (χ3n) is 6.38. The minimum absolute atomic E-state index is 0.472. The number of ether oxygens (including phenoxy) is 2. The van der Waals surface area contributed by atoms with E-state index in [1.54, 1.807) is 7.11 Å². The maximum Gasteiger partial charge on any atom is 0.131 e. The molecule has 5 rings (SSSR count). The van der Waals surface area contributed by atoms with Crippen LogP contribution in [-0.2, 0) is 6.61 Å². The molecule has 3 heterocycles. The maximum absolute atomic E-state index is 6.08. The Morgan fingerprint density at radius 2 is 1.85 bits per heavy atom. The number of benzene rings is 2. The highest BCUT2D eigenvalue weighted by Gasteiger charge is 2.21. The van der Waals surface area contributed by atoms with Gasteiger partial charge in [0.1, 0.15) is 18.1 Å². The second-order valence-electron chi connectivity index (χ2n) is 8.36. The minimum Gasteiger partial charge on any atom is -0.497 e. The van der Waals surface area contributed by atoms with Gasteiger partial charge in [-0.25, -0.2) is 0 Å². The summed E-state index contributed by atoms with van der Waals surface area (Å²) in [5, 5.41) is 0.783. The Morgan fingerprint density at radius 3 is 2.64 bits per heavy atom. The molecular weight excluding hydrogens is 434 g/mol. The van der Waals surface area contributed by atoms with Crippen molar-refractivity contribution in [3.8, 4) is 11.5 Å². The summed E-state index contributed by atoms with van der Waals surface area (Å²) in [6.45, 7) is 5.65. The summed E-state index contributed by atoms with van der Waals surface area (Å²) < 4.78 is 11.6. The third-order valence-corrected chi connectivity index (χ3v) is 6.63. The topological polar surface area (TPSA) is 37.8 Å². The molecule has 2 aliphatic heterocycles. The molecule has 0 bridgehead atoms. The van der Waals surface area contributed by atoms with Crippen molar-refractivity contribution in [3.05, 3.63) is 88.7 Å². The molecule has 1 saturated heterocycles. The van der Waals surface area contributed by atoms with Crippen LogP contribution in [0.5, 0.6) is 11.5 Å². The van der Waals surface area contributed by atoms with Crippen molar-refractivity contribution >= 4 is 22.9 Å². The molecule has 0 unspecified atom stereocenters. The van der Waals surface area contributed by atoms with Crippen LogP contribution in [0.15, 0.2) is 66.9 Å². The second kappa shape index (κ2) is 9.86. The standard InChI is InChI=1S/C27H28ClN3O2/c1-32-22-10-11-27-25(18-22)23(24-4-2-12-29-26(24)19-33-27)5-3-13-30-14-16-31(17-15-30)21-8-6-20(28)7-9-21/h2,4-12,18H,3,13-17,19H2,1H3. The van der Waals surface area contributed by atoms with Crippen molar-refractivity contribution in [1.29, 1.82) is 0 Å². The lowest BCUT2D eigenvalue weighted by atomic mass is 9.95. The summed E-state index contributed by atoms with van der Waals surface area (Å²) in [4.78, 5) is 9.54. The largest absolute Gasteiger partial charge is 0.497 e. The van der Waals surface area contributed by atoms with Crippen LogP contribution in [-0.4, -0.2) is 49.7 Å². The third kappa shape index (κ3) is 4.85. The molecule has 2 aromatic carbocycles. The van der Waals surface area contributed by atoms with E-state index in [1.807, 2.05) is 36.5 Å². The highest BCUT2D eigenvalue weighted by Crippen LogP contribution is 2.38. The Morgan fingerprint density at radius 1 is 1.03 bits per heavy atom. The van der Waals surface area contributed by atoms with Crippen molar-refractivity contribution in [3.63, 3.8) is 0 Å². The molecule has 1 fully saturated rings. The molecule has 33 heavy (non-hydrogen) atoms. The van der Waals surface area contributed by atoms with Crippen LogP contribution in [0.4, 0.5) is 5.69 Å². The fraction of sp³-hybridized carbons (Fsp3) is 0.296. The Labute approximate surface area is 200 Å². The first-order valence-electron chi connectivity index (χ1n) is 11.4. The van der Waals surface area contributed by atoms with Crippen LogP contribution in [0.2, 0.25) is 5.02 Å². The van der Waals surface area contributed by atoms with E-state index in [4.69, 9.17) is 21.1 Å². The number of fused-ring (bicyclic) bond motifs is 2. The summed E-state index contributed by atoms with van der Waals surface area (Å²) in [7, 11) is 1.70. The molecule has 2 aliphatic rings. The van der Waals surface area contributed by atoms with Crippen molar-refractivity contribution in [2.75, 3.05) is 44.7 Å². The van der Waals surface area contributed by atoms with Gasteiger partial charge in [-0.1, -0.05) is 23.7 Å². The second-order valence-corrected chi connectivity index (χ2v) is 8.80. The number of hydrogen-bond acceptors (Lipinski definition) is 5. The molecule has 5 nitrogen and oxygen atoms in total. The van der Waals surface area contributed by atoms with Gasteiger partial charge in [0.2, 0.25) is 0 Å². The number of methoxy groups -OCH3 is 1. The van der Waals surface area contributed by atoms with E-state index in [0.717, 1.165) is 72.5 Å². The summed E-state index contributed by atoms with van der Waals surface area (Å²) in [5.74, 6) is 1.70. The van der Waals surface area contributed by atoms with Crippen molar-refractivity contribution < 1.29 is 9.47 Å². The Hall–Kier alpha value is -3.02. The van der Waals surface area contributed by atoms with E-state index in [2.05, 4.69) is 45.1 Å². The summed E-state index contributed by atoms with van der Waals surface area (Å²) in [6.07, 6.45) is 5.12. The van der Waals surface area contributed by atoms with Gasteiger partial charge in [-0.2, -0.15) is 0 Å². The number of hydrogen-bond donors (Lipinski definition) is 0. The summed E-state index contributed by atoms with van der Waals surface area (Å²) in [5.41, 5.74) is 5.58. The first-order chi connectivity index (χ1) is 16.2. The van der Waals surface area contributed by atoms with Gasteiger partial charge in [0.05, 0.1) is 12.8 Å². The van der Waals surface area contributed by atoms with Gasteiger partial charge >= 0.3 is 0 Å². The molecule has 0 aliphatic carbocycles.